The molecule has 0 aliphatic rings. The minimum absolute atomic E-state index is 0.0807. The molecule has 1 aromatic carbocycles. The molecule has 1 rings (SSSR count). The van der Waals surface area contributed by atoms with Gasteiger partial charge in [0.15, 0.2) is 11.5 Å². The number of phenolic OH excluding ortho intramolecular Hbond substituents is 1. The van der Waals surface area contributed by atoms with E-state index in [1.807, 2.05) is 0 Å². The van der Waals surface area contributed by atoms with Crippen LogP contribution in [0.5, 0.6) is 11.5 Å². The van der Waals surface area contributed by atoms with Gasteiger partial charge in [0.2, 0.25) is 0 Å². The Morgan fingerprint density at radius 3 is 2.60 bits per heavy atom. The highest BCUT2D eigenvalue weighted by Gasteiger charge is 2.25. The number of hydrogen-bond donors (Lipinski definition) is 2. The van der Waals surface area contributed by atoms with Crippen molar-refractivity contribution >= 4 is 5.97 Å². The second-order valence-corrected chi connectivity index (χ2v) is 3.25. The lowest BCUT2D eigenvalue weighted by molar-refractivity contribution is -0.324. The van der Waals surface area contributed by atoms with Crippen molar-refractivity contribution < 1.29 is 24.9 Å². The zero-order valence-electron chi connectivity index (χ0n) is 8.35. The van der Waals surface area contributed by atoms with Gasteiger partial charge in [-0.25, -0.2) is 0 Å². The van der Waals surface area contributed by atoms with Crippen LogP contribution in [0, 0.1) is 0 Å². The van der Waals surface area contributed by atoms with Crippen LogP contribution in [0.1, 0.15) is 12.5 Å². The number of rotatable bonds is 3. The Hall–Kier alpha value is -1.75. The number of carbonyl (C=O) groups is 1. The lowest BCUT2D eigenvalue weighted by atomic mass is 9.96. The zero-order valence-corrected chi connectivity index (χ0v) is 8.35. The van der Waals surface area contributed by atoms with Crippen molar-refractivity contribution in [2.24, 2.45) is 0 Å². The summed E-state index contributed by atoms with van der Waals surface area (Å²) in [6.07, 6.45) is 0. The van der Waals surface area contributed by atoms with Gasteiger partial charge >= 0.3 is 0 Å². The van der Waals surface area contributed by atoms with E-state index in [4.69, 9.17) is 4.74 Å². The van der Waals surface area contributed by atoms with Gasteiger partial charge in [0.05, 0.1) is 13.1 Å². The highest BCUT2D eigenvalue weighted by molar-refractivity contribution is 5.77. The van der Waals surface area contributed by atoms with Crippen LogP contribution >= 0.6 is 0 Å². The molecule has 0 saturated carbocycles. The Bertz CT molecular complexity index is 383. The number of aliphatic hydroxyl groups is 1. The monoisotopic (exact) mass is 211 g/mol. The Kier molecular flexibility index (Phi) is 2.85. The number of carboxylic acid groups (broad SMARTS) is 1. The Balaban J connectivity index is 3.22. The molecule has 82 valence electrons. The maximum atomic E-state index is 10.6. The van der Waals surface area contributed by atoms with Gasteiger partial charge in [-0.05, 0) is 24.6 Å². The van der Waals surface area contributed by atoms with Crippen LogP contribution in [0.3, 0.4) is 0 Å². The average molecular weight is 211 g/mol. The van der Waals surface area contributed by atoms with Gasteiger partial charge in [-0.15, -0.1) is 0 Å². The summed E-state index contributed by atoms with van der Waals surface area (Å²) < 4.78 is 4.79. The van der Waals surface area contributed by atoms with E-state index in [0.29, 0.717) is 0 Å². The van der Waals surface area contributed by atoms with E-state index in [9.17, 15) is 20.1 Å². The van der Waals surface area contributed by atoms with E-state index >= 15 is 0 Å². The standard InChI is InChI=1S/C10H12O5/c1-10(14,9(12)13)6-3-4-7(11)8(5-6)15-2/h3-5,11,14H,1-2H3,(H,12,13)/p-1. The molecule has 0 saturated heterocycles. The van der Waals surface area contributed by atoms with Crippen molar-refractivity contribution in [1.82, 2.24) is 0 Å². The van der Waals surface area contributed by atoms with Gasteiger partial charge in [0, 0.05) is 0 Å². The number of carboxylic acids is 1. The fourth-order valence-corrected chi connectivity index (χ4v) is 1.10. The molecule has 5 nitrogen and oxygen atoms in total. The molecule has 1 atom stereocenters. The molecule has 5 heteroatoms. The maximum absolute atomic E-state index is 10.6. The van der Waals surface area contributed by atoms with Crippen molar-refractivity contribution in [3.63, 3.8) is 0 Å². The van der Waals surface area contributed by atoms with Gasteiger partial charge in [-0.3, -0.25) is 0 Å². The van der Waals surface area contributed by atoms with Gasteiger partial charge < -0.3 is 24.9 Å². The van der Waals surface area contributed by atoms with Crippen molar-refractivity contribution in [2.45, 2.75) is 12.5 Å². The molecule has 0 fully saturated rings. The molecule has 0 aromatic heterocycles. The van der Waals surface area contributed by atoms with Gasteiger partial charge in [-0.1, -0.05) is 6.07 Å². The van der Waals surface area contributed by atoms with Gasteiger partial charge in [0.25, 0.3) is 0 Å². The Morgan fingerprint density at radius 2 is 2.13 bits per heavy atom. The SMILES string of the molecule is COc1cc(C(C)(O)C(=O)[O-])ccc1O. The number of carbonyl (C=O) groups excluding carboxylic acids is 1. The maximum Gasteiger partial charge on any atom is 0.160 e. The first-order valence-electron chi connectivity index (χ1n) is 4.21. The average Bonchev–Trinajstić information content (AvgIpc) is 2.18. The summed E-state index contributed by atoms with van der Waals surface area (Å²) in [6.45, 7) is 1.09. The third-order valence-electron chi connectivity index (χ3n) is 2.14. The molecule has 15 heavy (non-hydrogen) atoms. The van der Waals surface area contributed by atoms with Crippen LogP contribution in [-0.4, -0.2) is 23.3 Å². The number of phenols is 1. The van der Waals surface area contributed by atoms with Crippen molar-refractivity contribution in [3.8, 4) is 11.5 Å². The molecule has 1 aromatic rings. The normalized spacial score (nSPS) is 14.3. The molecule has 1 unspecified atom stereocenters. The molecule has 2 N–H and O–H groups in total. The van der Waals surface area contributed by atoms with E-state index in [-0.39, 0.29) is 17.1 Å². The van der Waals surface area contributed by atoms with E-state index in [0.717, 1.165) is 6.92 Å². The smallest absolute Gasteiger partial charge is 0.160 e. The lowest BCUT2D eigenvalue weighted by Crippen LogP contribution is -2.43. The first kappa shape index (κ1) is 11.3. The molecule has 0 amide bonds. The third-order valence-corrected chi connectivity index (χ3v) is 2.14. The molecule has 0 aliphatic carbocycles. The van der Waals surface area contributed by atoms with Crippen LogP contribution < -0.4 is 9.84 Å². The topological polar surface area (TPSA) is 89.8 Å². The lowest BCUT2D eigenvalue weighted by Gasteiger charge is -2.25. The first-order valence-corrected chi connectivity index (χ1v) is 4.21. The Labute approximate surface area is 86.5 Å². The van der Waals surface area contributed by atoms with E-state index in [2.05, 4.69) is 0 Å². The number of methoxy groups -OCH3 is 1. The van der Waals surface area contributed by atoms with Crippen molar-refractivity contribution in [1.29, 1.82) is 0 Å². The van der Waals surface area contributed by atoms with Crippen LogP contribution in [-0.2, 0) is 10.4 Å². The Morgan fingerprint density at radius 1 is 1.53 bits per heavy atom. The summed E-state index contributed by atoms with van der Waals surface area (Å²) in [7, 11) is 1.33. The molecule has 0 bridgehead atoms. The summed E-state index contributed by atoms with van der Waals surface area (Å²) in [5, 5.41) is 29.5. The fourth-order valence-electron chi connectivity index (χ4n) is 1.10. The van der Waals surface area contributed by atoms with Crippen molar-refractivity contribution in [2.75, 3.05) is 7.11 Å². The summed E-state index contributed by atoms with van der Waals surface area (Å²) in [4.78, 5) is 10.6. The minimum atomic E-state index is -2.11. The zero-order chi connectivity index (χ0) is 11.6. The minimum Gasteiger partial charge on any atom is -0.547 e. The van der Waals surface area contributed by atoms with E-state index < -0.39 is 11.6 Å². The largest absolute Gasteiger partial charge is 0.547 e. The van der Waals surface area contributed by atoms with Gasteiger partial charge in [-0.2, -0.15) is 0 Å². The predicted octanol–water partition coefficient (Wildman–Crippen LogP) is -0.642. The molecule has 0 radical (unpaired) electrons. The third kappa shape index (κ3) is 2.02. The summed E-state index contributed by atoms with van der Waals surface area (Å²) in [6, 6.07) is 3.77. The number of ether oxygens (including phenoxy) is 1. The first-order chi connectivity index (χ1) is 6.89. The number of aliphatic carboxylic acids is 1. The van der Waals surface area contributed by atoms with Gasteiger partial charge in [0.1, 0.15) is 5.60 Å². The summed E-state index contributed by atoms with van der Waals surface area (Å²) in [5.41, 5.74) is -2.03. The summed E-state index contributed by atoms with van der Waals surface area (Å²) in [5.74, 6) is -1.65. The van der Waals surface area contributed by atoms with Crippen LogP contribution in [0.25, 0.3) is 0 Å². The second kappa shape index (κ2) is 3.78. The molecule has 0 aliphatic heterocycles. The highest BCUT2D eigenvalue weighted by Crippen LogP contribution is 2.30. The number of aromatic hydroxyl groups is 1. The quantitative estimate of drug-likeness (QED) is 0.694. The van der Waals surface area contributed by atoms with Crippen LogP contribution in [0.2, 0.25) is 0 Å². The highest BCUT2D eigenvalue weighted by atomic mass is 16.5. The fraction of sp³-hybridized carbons (Fsp3) is 0.300. The molecular weight excluding hydrogens is 200 g/mol. The molecular formula is C10H11O5-. The van der Waals surface area contributed by atoms with Crippen LogP contribution in [0.4, 0.5) is 0 Å². The number of hydrogen-bond acceptors (Lipinski definition) is 5. The van der Waals surface area contributed by atoms with Crippen LogP contribution in [0.15, 0.2) is 18.2 Å². The van der Waals surface area contributed by atoms with E-state index in [1.54, 1.807) is 0 Å². The summed E-state index contributed by atoms with van der Waals surface area (Å²) >= 11 is 0. The molecule has 0 heterocycles. The molecule has 0 spiro atoms. The second-order valence-electron chi connectivity index (χ2n) is 3.25. The predicted molar refractivity (Wildman–Crippen MR) is 49.2 cm³/mol. The number of benzene rings is 1. The van der Waals surface area contributed by atoms with Crippen molar-refractivity contribution in [3.05, 3.63) is 23.8 Å². The van der Waals surface area contributed by atoms with E-state index in [1.165, 1.54) is 25.3 Å².